The number of nitrogens with one attached hydrogen (secondary N) is 1. The summed E-state index contributed by atoms with van der Waals surface area (Å²) in [6.45, 7) is 2.45. The molecule has 176 valence electrons. The lowest BCUT2D eigenvalue weighted by Crippen LogP contribution is -2.62. The fourth-order valence-corrected chi connectivity index (χ4v) is 10.2. The summed E-state index contributed by atoms with van der Waals surface area (Å²) in [5.41, 5.74) is 0. The fraction of sp³-hybridized carbons (Fsp3) is 0.955. The quantitative estimate of drug-likeness (QED) is 0.621. The largest absolute Gasteiger partial charge is 0.393 e. The minimum absolute atomic E-state index is 0.0452. The van der Waals surface area contributed by atoms with Gasteiger partial charge >= 0.3 is 0 Å². The van der Waals surface area contributed by atoms with Gasteiger partial charge in [-0.15, -0.1) is 0 Å². The van der Waals surface area contributed by atoms with E-state index in [9.17, 15) is 18.3 Å². The van der Waals surface area contributed by atoms with Crippen molar-refractivity contribution in [2.75, 3.05) is 27.0 Å². The van der Waals surface area contributed by atoms with Gasteiger partial charge in [0.05, 0.1) is 23.6 Å². The maximum Gasteiger partial charge on any atom is 0.218 e. The third kappa shape index (κ3) is 3.29. The number of ether oxygens (including phenoxy) is 1. The maximum atomic E-state index is 13.0. The topological polar surface area (TPSA) is 99.2 Å². The number of carbonyl (C=O) groups is 1. The molecule has 3 aliphatic heterocycles. The van der Waals surface area contributed by atoms with Crippen LogP contribution in [0.4, 0.5) is 0 Å². The molecule has 0 radical (unpaired) electrons. The van der Waals surface area contributed by atoms with Gasteiger partial charge in [0, 0.05) is 38.4 Å². The maximum absolute atomic E-state index is 13.0. The van der Waals surface area contributed by atoms with Gasteiger partial charge in [0.15, 0.2) is 9.84 Å². The molecule has 1 amide bonds. The first kappa shape index (κ1) is 22.1. The fourth-order valence-electron chi connectivity index (χ4n) is 8.50. The number of carbonyl (C=O) groups excluding carboxylic acids is 1. The molecular weight excluding hydrogens is 418 g/mol. The Hall–Kier alpha value is -0.740. The molecule has 0 spiro atoms. The summed E-state index contributed by atoms with van der Waals surface area (Å²) in [7, 11) is 0.419. The molecule has 3 heterocycles. The summed E-state index contributed by atoms with van der Waals surface area (Å²) in [6.07, 6.45) is 4.80. The normalized spacial score (nSPS) is 49.9. The van der Waals surface area contributed by atoms with Crippen molar-refractivity contribution in [3.05, 3.63) is 0 Å². The Morgan fingerprint density at radius 3 is 2.48 bits per heavy atom. The van der Waals surface area contributed by atoms with Crippen LogP contribution in [0.5, 0.6) is 0 Å². The Bertz CT molecular complexity index is 837. The van der Waals surface area contributed by atoms with Crippen LogP contribution in [0.3, 0.4) is 0 Å². The molecule has 5 aliphatic rings. The first-order chi connectivity index (χ1) is 14.6. The number of aliphatic hydroxyl groups is 1. The van der Waals surface area contributed by atoms with Crippen molar-refractivity contribution in [1.29, 1.82) is 0 Å². The first-order valence-electron chi connectivity index (χ1n) is 11.8. The SMILES string of the molecule is COC1C2C3C(CC(NC(C)=O)N4C5CCC(O)CC5C(CCN2C)C34)C1S(C)(=O)=O. The summed E-state index contributed by atoms with van der Waals surface area (Å²) >= 11 is 0. The van der Waals surface area contributed by atoms with Gasteiger partial charge < -0.3 is 20.1 Å². The number of hydrogen-bond acceptors (Lipinski definition) is 7. The zero-order valence-corrected chi connectivity index (χ0v) is 19.8. The average Bonchev–Trinajstić information content (AvgIpc) is 3.12. The van der Waals surface area contributed by atoms with Gasteiger partial charge in [-0.2, -0.15) is 0 Å². The van der Waals surface area contributed by atoms with E-state index in [0.717, 1.165) is 32.2 Å². The number of piperidine rings is 1. The number of likely N-dealkylation sites (N-methyl/N-ethyl adjacent to an activating group) is 1. The number of rotatable bonds is 3. The molecule has 5 fully saturated rings. The monoisotopic (exact) mass is 455 g/mol. The molecule has 5 rings (SSSR count). The van der Waals surface area contributed by atoms with Crippen molar-refractivity contribution in [3.8, 4) is 0 Å². The minimum atomic E-state index is -3.33. The molecule has 2 aliphatic carbocycles. The molecule has 2 N–H and O–H groups in total. The van der Waals surface area contributed by atoms with E-state index in [-0.39, 0.29) is 48.2 Å². The lowest BCUT2D eigenvalue weighted by atomic mass is 9.71. The van der Waals surface area contributed by atoms with E-state index in [2.05, 4.69) is 22.2 Å². The van der Waals surface area contributed by atoms with E-state index in [0.29, 0.717) is 24.3 Å². The summed E-state index contributed by atoms with van der Waals surface area (Å²) in [5, 5.41) is 13.1. The van der Waals surface area contributed by atoms with Crippen LogP contribution in [0, 0.1) is 23.7 Å². The van der Waals surface area contributed by atoms with Crippen molar-refractivity contribution in [3.63, 3.8) is 0 Å². The Labute approximate surface area is 185 Å². The van der Waals surface area contributed by atoms with Crippen LogP contribution in [0.1, 0.15) is 39.0 Å². The number of methoxy groups -OCH3 is 1. The summed E-state index contributed by atoms with van der Waals surface area (Å²) < 4.78 is 31.9. The number of aliphatic hydroxyl groups excluding tert-OH is 1. The molecule has 11 atom stereocenters. The number of likely N-dealkylation sites (tertiary alicyclic amines) is 1. The predicted octanol–water partition coefficient (Wildman–Crippen LogP) is 0.0606. The van der Waals surface area contributed by atoms with Crippen LogP contribution in [0.2, 0.25) is 0 Å². The Kier molecular flexibility index (Phi) is 5.45. The summed E-state index contributed by atoms with van der Waals surface area (Å²) in [5.74, 6) is 0.881. The Morgan fingerprint density at radius 1 is 1.10 bits per heavy atom. The lowest BCUT2D eigenvalue weighted by Gasteiger charge is -2.50. The highest BCUT2D eigenvalue weighted by atomic mass is 32.2. The van der Waals surface area contributed by atoms with Crippen molar-refractivity contribution in [2.24, 2.45) is 23.7 Å². The van der Waals surface area contributed by atoms with Gasteiger partial charge in [-0.05, 0) is 69.4 Å². The average molecular weight is 456 g/mol. The van der Waals surface area contributed by atoms with Crippen LogP contribution >= 0.6 is 0 Å². The highest BCUT2D eigenvalue weighted by molar-refractivity contribution is 7.91. The van der Waals surface area contributed by atoms with Gasteiger partial charge in [0.25, 0.3) is 0 Å². The van der Waals surface area contributed by atoms with Gasteiger partial charge in [-0.1, -0.05) is 0 Å². The van der Waals surface area contributed by atoms with E-state index >= 15 is 0 Å². The summed E-state index contributed by atoms with van der Waals surface area (Å²) in [4.78, 5) is 17.0. The van der Waals surface area contributed by atoms with E-state index in [1.807, 2.05) is 0 Å². The Morgan fingerprint density at radius 2 is 1.84 bits per heavy atom. The number of sulfone groups is 1. The second kappa shape index (κ2) is 7.65. The van der Waals surface area contributed by atoms with Crippen LogP contribution in [-0.2, 0) is 19.4 Å². The molecule has 2 saturated carbocycles. The smallest absolute Gasteiger partial charge is 0.218 e. The number of hydrogen-bond donors (Lipinski definition) is 2. The molecule has 3 saturated heterocycles. The molecule has 31 heavy (non-hydrogen) atoms. The van der Waals surface area contributed by atoms with Crippen LogP contribution in [0.25, 0.3) is 0 Å². The van der Waals surface area contributed by atoms with Gasteiger partial charge in [-0.25, -0.2) is 8.42 Å². The second-order valence-corrected chi connectivity index (χ2v) is 13.0. The van der Waals surface area contributed by atoms with E-state index in [1.54, 1.807) is 14.0 Å². The minimum Gasteiger partial charge on any atom is -0.393 e. The number of nitrogens with zero attached hydrogens (tertiary/aromatic N) is 2. The zero-order chi connectivity index (χ0) is 22.2. The second-order valence-electron chi connectivity index (χ2n) is 10.7. The lowest BCUT2D eigenvalue weighted by molar-refractivity contribution is -0.123. The number of amides is 1. The highest BCUT2D eigenvalue weighted by Gasteiger charge is 2.68. The highest BCUT2D eigenvalue weighted by Crippen LogP contribution is 2.59. The zero-order valence-electron chi connectivity index (χ0n) is 19.0. The standard InChI is InChI=1S/C22H37N3O5S/c1-11(26)23-17-10-15-18-19-13(14-9-12(27)5-6-16(14)25(17)19)7-8-24(2)20(18)21(30-3)22(15)31(4,28)29/h12-22,27H,5-10H2,1-4H3,(H,23,26). The summed E-state index contributed by atoms with van der Waals surface area (Å²) in [6, 6.07) is 0.615. The van der Waals surface area contributed by atoms with E-state index < -0.39 is 15.1 Å². The molecule has 0 bridgehead atoms. The molecule has 0 aromatic rings. The van der Waals surface area contributed by atoms with Crippen molar-refractivity contribution >= 4 is 15.7 Å². The van der Waals surface area contributed by atoms with E-state index in [4.69, 9.17) is 4.74 Å². The van der Waals surface area contributed by atoms with Crippen LogP contribution < -0.4 is 5.32 Å². The van der Waals surface area contributed by atoms with Gasteiger partial charge in [0.1, 0.15) is 0 Å². The van der Waals surface area contributed by atoms with Gasteiger partial charge in [-0.3, -0.25) is 9.69 Å². The predicted molar refractivity (Wildman–Crippen MR) is 116 cm³/mol. The van der Waals surface area contributed by atoms with Crippen molar-refractivity contribution in [2.45, 2.75) is 80.8 Å². The Balaban J connectivity index is 1.64. The molecular formula is C22H37N3O5S. The molecule has 0 aromatic carbocycles. The molecule has 9 heteroatoms. The van der Waals surface area contributed by atoms with Gasteiger partial charge in [0.2, 0.25) is 5.91 Å². The first-order valence-corrected chi connectivity index (χ1v) is 13.7. The van der Waals surface area contributed by atoms with Crippen LogP contribution in [0.15, 0.2) is 0 Å². The third-order valence-electron chi connectivity index (χ3n) is 9.23. The van der Waals surface area contributed by atoms with Crippen molar-refractivity contribution in [1.82, 2.24) is 15.1 Å². The van der Waals surface area contributed by atoms with Crippen LogP contribution in [-0.4, -0.2) is 97.9 Å². The third-order valence-corrected chi connectivity index (χ3v) is 10.8. The van der Waals surface area contributed by atoms with Crippen molar-refractivity contribution < 1.29 is 23.1 Å². The molecule has 8 nitrogen and oxygen atoms in total. The number of fused-ring (bicyclic) bond motifs is 3. The molecule has 11 unspecified atom stereocenters. The van der Waals surface area contributed by atoms with E-state index in [1.165, 1.54) is 6.26 Å². The molecule has 0 aromatic heterocycles.